The molecule has 0 bridgehead atoms. The van der Waals surface area contributed by atoms with Crippen molar-refractivity contribution in [3.63, 3.8) is 0 Å². The molecule has 1 heterocycles. The fourth-order valence-electron chi connectivity index (χ4n) is 3.66. The van der Waals surface area contributed by atoms with Crippen molar-refractivity contribution < 1.29 is 9.47 Å². The molecular weight excluding hydrogens is 304 g/mol. The van der Waals surface area contributed by atoms with Gasteiger partial charge >= 0.3 is 0 Å². The number of rotatable bonds is 5. The van der Waals surface area contributed by atoms with Gasteiger partial charge in [0.15, 0.2) is 5.96 Å². The SMILES string of the molecule is CN=C(NCC(C)(C)N1CCOCC1)NC1CC(C)(OC)C1(C)C. The maximum atomic E-state index is 5.71. The summed E-state index contributed by atoms with van der Waals surface area (Å²) in [6.45, 7) is 15.7. The van der Waals surface area contributed by atoms with Gasteiger partial charge in [-0.25, -0.2) is 0 Å². The largest absolute Gasteiger partial charge is 0.379 e. The Morgan fingerprint density at radius 3 is 2.42 bits per heavy atom. The first-order valence-electron chi connectivity index (χ1n) is 9.01. The number of nitrogens with zero attached hydrogens (tertiary/aromatic N) is 2. The predicted octanol–water partition coefficient (Wildman–Crippen LogP) is 1.47. The monoisotopic (exact) mass is 340 g/mol. The van der Waals surface area contributed by atoms with Crippen LogP contribution in [-0.2, 0) is 9.47 Å². The molecule has 0 amide bonds. The molecule has 0 aromatic rings. The van der Waals surface area contributed by atoms with Crippen molar-refractivity contribution in [2.45, 2.75) is 58.2 Å². The number of ether oxygens (including phenoxy) is 2. The lowest BCUT2D eigenvalue weighted by Crippen LogP contribution is -2.70. The summed E-state index contributed by atoms with van der Waals surface area (Å²) in [5, 5.41) is 7.08. The van der Waals surface area contributed by atoms with Gasteiger partial charge < -0.3 is 20.1 Å². The van der Waals surface area contributed by atoms with E-state index < -0.39 is 0 Å². The van der Waals surface area contributed by atoms with E-state index in [2.05, 4.69) is 55.1 Å². The van der Waals surface area contributed by atoms with Crippen LogP contribution in [0.4, 0.5) is 0 Å². The minimum atomic E-state index is -0.0728. The van der Waals surface area contributed by atoms with Gasteiger partial charge in [-0.05, 0) is 27.2 Å². The van der Waals surface area contributed by atoms with Gasteiger partial charge in [0.05, 0.1) is 18.8 Å². The van der Waals surface area contributed by atoms with Crippen molar-refractivity contribution in [3.05, 3.63) is 0 Å². The van der Waals surface area contributed by atoms with Crippen LogP contribution in [0, 0.1) is 5.41 Å². The highest BCUT2D eigenvalue weighted by Gasteiger charge is 2.58. The average Bonchev–Trinajstić information content (AvgIpc) is 2.58. The second-order valence-electron chi connectivity index (χ2n) is 8.40. The van der Waals surface area contributed by atoms with Crippen molar-refractivity contribution in [3.8, 4) is 0 Å². The Morgan fingerprint density at radius 1 is 1.29 bits per heavy atom. The number of hydrogen-bond acceptors (Lipinski definition) is 4. The fourth-order valence-corrected chi connectivity index (χ4v) is 3.66. The van der Waals surface area contributed by atoms with Crippen LogP contribution >= 0.6 is 0 Å². The third-order valence-electron chi connectivity index (χ3n) is 6.37. The van der Waals surface area contributed by atoms with E-state index in [0.29, 0.717) is 6.04 Å². The summed E-state index contributed by atoms with van der Waals surface area (Å²) in [5.74, 6) is 0.868. The van der Waals surface area contributed by atoms with E-state index in [1.165, 1.54) is 0 Å². The van der Waals surface area contributed by atoms with Gasteiger partial charge in [0.25, 0.3) is 0 Å². The standard InChI is InChI=1S/C18H36N4O2/c1-16(2,22-8-10-24-11-9-22)13-20-15(19-6)21-14-12-18(5,23-7)17(14,3)4/h14H,8-13H2,1-7H3,(H2,19,20,21). The molecule has 24 heavy (non-hydrogen) atoms. The second-order valence-corrected chi connectivity index (χ2v) is 8.40. The highest BCUT2D eigenvalue weighted by atomic mass is 16.5. The lowest BCUT2D eigenvalue weighted by molar-refractivity contribution is -0.176. The smallest absolute Gasteiger partial charge is 0.191 e. The van der Waals surface area contributed by atoms with E-state index in [1.807, 2.05) is 7.05 Å². The molecule has 2 fully saturated rings. The summed E-state index contributed by atoms with van der Waals surface area (Å²) in [4.78, 5) is 6.89. The zero-order valence-corrected chi connectivity index (χ0v) is 16.5. The number of methoxy groups -OCH3 is 1. The van der Waals surface area contributed by atoms with Gasteiger partial charge in [0.1, 0.15) is 0 Å². The van der Waals surface area contributed by atoms with Gasteiger partial charge in [0.2, 0.25) is 0 Å². The molecule has 1 aliphatic heterocycles. The zero-order chi connectivity index (χ0) is 18.0. The molecule has 1 aliphatic carbocycles. The maximum Gasteiger partial charge on any atom is 0.191 e. The lowest BCUT2D eigenvalue weighted by atomic mass is 9.56. The van der Waals surface area contributed by atoms with E-state index in [9.17, 15) is 0 Å². The molecule has 0 radical (unpaired) electrons. The van der Waals surface area contributed by atoms with Crippen molar-refractivity contribution >= 4 is 5.96 Å². The first-order chi connectivity index (χ1) is 11.2. The van der Waals surface area contributed by atoms with Crippen molar-refractivity contribution in [1.82, 2.24) is 15.5 Å². The lowest BCUT2D eigenvalue weighted by Gasteiger charge is -2.59. The summed E-state index contributed by atoms with van der Waals surface area (Å²) in [6, 6.07) is 0.361. The molecule has 0 aromatic carbocycles. The molecule has 2 rings (SSSR count). The predicted molar refractivity (Wildman–Crippen MR) is 98.6 cm³/mol. The van der Waals surface area contributed by atoms with Crippen LogP contribution in [0.25, 0.3) is 0 Å². The summed E-state index contributed by atoms with van der Waals surface area (Å²) < 4.78 is 11.2. The molecule has 2 aliphatic rings. The zero-order valence-electron chi connectivity index (χ0n) is 16.5. The number of aliphatic imine (C=N–C) groups is 1. The molecule has 2 N–H and O–H groups in total. The molecule has 1 saturated heterocycles. The van der Waals surface area contributed by atoms with Gasteiger partial charge in [-0.3, -0.25) is 9.89 Å². The quantitative estimate of drug-likeness (QED) is 0.586. The Labute approximate surface area is 147 Å². The van der Waals surface area contributed by atoms with Crippen LogP contribution in [0.1, 0.15) is 41.0 Å². The van der Waals surface area contributed by atoms with Gasteiger partial charge in [0, 0.05) is 50.8 Å². The van der Waals surface area contributed by atoms with Gasteiger partial charge in [-0.15, -0.1) is 0 Å². The van der Waals surface area contributed by atoms with Crippen LogP contribution in [0.15, 0.2) is 4.99 Å². The molecule has 0 spiro atoms. The van der Waals surface area contributed by atoms with Gasteiger partial charge in [-0.2, -0.15) is 0 Å². The van der Waals surface area contributed by atoms with Crippen LogP contribution in [0.5, 0.6) is 0 Å². The van der Waals surface area contributed by atoms with Crippen LogP contribution < -0.4 is 10.6 Å². The Kier molecular flexibility index (Phi) is 5.83. The molecule has 140 valence electrons. The summed E-state index contributed by atoms with van der Waals surface area (Å²) in [6.07, 6.45) is 0.990. The minimum absolute atomic E-state index is 0.0670. The third-order valence-corrected chi connectivity index (χ3v) is 6.37. The van der Waals surface area contributed by atoms with Crippen LogP contribution in [-0.4, -0.2) is 75.0 Å². The molecular formula is C18H36N4O2. The van der Waals surface area contributed by atoms with E-state index in [0.717, 1.165) is 45.2 Å². The summed E-state index contributed by atoms with van der Waals surface area (Å²) in [7, 11) is 3.63. The molecule has 6 heteroatoms. The van der Waals surface area contributed by atoms with E-state index >= 15 is 0 Å². The summed E-state index contributed by atoms with van der Waals surface area (Å²) in [5.41, 5.74) is 0.0628. The minimum Gasteiger partial charge on any atom is -0.379 e. The molecule has 2 atom stereocenters. The average molecular weight is 341 g/mol. The number of morpholine rings is 1. The normalized spacial score (nSPS) is 31.5. The van der Waals surface area contributed by atoms with Gasteiger partial charge in [-0.1, -0.05) is 13.8 Å². The Hall–Kier alpha value is -0.850. The van der Waals surface area contributed by atoms with E-state index in [1.54, 1.807) is 7.11 Å². The summed E-state index contributed by atoms with van der Waals surface area (Å²) >= 11 is 0. The number of hydrogen-bond donors (Lipinski definition) is 2. The third kappa shape index (κ3) is 3.70. The van der Waals surface area contributed by atoms with Crippen molar-refractivity contribution in [2.75, 3.05) is 47.0 Å². The number of nitrogens with one attached hydrogen (secondary N) is 2. The van der Waals surface area contributed by atoms with E-state index in [-0.39, 0.29) is 16.6 Å². The first kappa shape index (κ1) is 19.5. The molecule has 2 unspecified atom stereocenters. The Morgan fingerprint density at radius 2 is 1.92 bits per heavy atom. The first-order valence-corrected chi connectivity index (χ1v) is 9.01. The molecule has 0 aromatic heterocycles. The number of guanidine groups is 1. The van der Waals surface area contributed by atoms with Crippen molar-refractivity contribution in [2.24, 2.45) is 10.4 Å². The maximum absolute atomic E-state index is 5.71. The molecule has 6 nitrogen and oxygen atoms in total. The molecule has 1 saturated carbocycles. The highest BCUT2D eigenvalue weighted by Crippen LogP contribution is 2.51. The van der Waals surface area contributed by atoms with Crippen LogP contribution in [0.3, 0.4) is 0 Å². The van der Waals surface area contributed by atoms with E-state index in [4.69, 9.17) is 9.47 Å². The van der Waals surface area contributed by atoms with Crippen LogP contribution in [0.2, 0.25) is 0 Å². The second kappa shape index (κ2) is 7.18. The Bertz CT molecular complexity index is 458. The highest BCUT2D eigenvalue weighted by molar-refractivity contribution is 5.80. The van der Waals surface area contributed by atoms with Crippen molar-refractivity contribution in [1.29, 1.82) is 0 Å². The topological polar surface area (TPSA) is 58.1 Å². The fraction of sp³-hybridized carbons (Fsp3) is 0.944. The Balaban J connectivity index is 1.87.